The summed E-state index contributed by atoms with van der Waals surface area (Å²) in [6, 6.07) is 4.09. The standard InChI is InChI=1S/C21H21F3N6O6/c22-21(23,24)36-13-1-2-15-16(7-13)26-19(25-15)12-3-5-28(6-4-12)18(31)11-34-14-8-29-9-17(30(32)33)27-20(29)35-10-14/h1-2,7,9,12,14H,3-6,8,10-11H2,(H,25,26). The summed E-state index contributed by atoms with van der Waals surface area (Å²) in [6.45, 7) is 1.22. The first kappa shape index (κ1) is 23.8. The van der Waals surface area contributed by atoms with Crippen LogP contribution in [0.1, 0.15) is 24.6 Å². The average Bonchev–Trinajstić information content (AvgIpc) is 3.45. The largest absolute Gasteiger partial charge is 0.573 e. The van der Waals surface area contributed by atoms with Crippen molar-refractivity contribution >= 4 is 22.8 Å². The van der Waals surface area contributed by atoms with Gasteiger partial charge in [-0.2, -0.15) is 0 Å². The summed E-state index contributed by atoms with van der Waals surface area (Å²) >= 11 is 0. The van der Waals surface area contributed by atoms with E-state index in [1.54, 1.807) is 4.90 Å². The van der Waals surface area contributed by atoms with Crippen molar-refractivity contribution in [3.05, 3.63) is 40.3 Å². The van der Waals surface area contributed by atoms with E-state index in [-0.39, 0.29) is 49.2 Å². The van der Waals surface area contributed by atoms with Crippen LogP contribution in [0.15, 0.2) is 24.4 Å². The number of carbonyl (C=O) groups excluding carboxylic acids is 1. The Balaban J connectivity index is 1.12. The number of H-pyrrole nitrogens is 1. The minimum atomic E-state index is -4.77. The summed E-state index contributed by atoms with van der Waals surface area (Å²) in [4.78, 5) is 35.9. The Morgan fingerprint density at radius 1 is 1.28 bits per heavy atom. The molecule has 0 spiro atoms. The molecule has 1 unspecified atom stereocenters. The molecule has 12 nitrogen and oxygen atoms in total. The Morgan fingerprint density at radius 3 is 2.78 bits per heavy atom. The van der Waals surface area contributed by atoms with Gasteiger partial charge in [-0.1, -0.05) is 0 Å². The van der Waals surface area contributed by atoms with Crippen LogP contribution in [0.3, 0.4) is 0 Å². The van der Waals surface area contributed by atoms with Gasteiger partial charge in [0.05, 0.1) is 17.6 Å². The van der Waals surface area contributed by atoms with Gasteiger partial charge in [0.25, 0.3) is 0 Å². The first-order valence-corrected chi connectivity index (χ1v) is 11.1. The predicted octanol–water partition coefficient (Wildman–Crippen LogP) is 2.75. The van der Waals surface area contributed by atoms with Crippen molar-refractivity contribution in [1.82, 2.24) is 24.4 Å². The van der Waals surface area contributed by atoms with Crippen molar-refractivity contribution in [3.8, 4) is 11.8 Å². The highest BCUT2D eigenvalue weighted by atomic mass is 19.4. The minimum absolute atomic E-state index is 0.0246. The molecule has 0 bridgehead atoms. The van der Waals surface area contributed by atoms with E-state index in [4.69, 9.17) is 9.47 Å². The average molecular weight is 510 g/mol. The van der Waals surface area contributed by atoms with E-state index in [1.165, 1.54) is 29.0 Å². The molecule has 4 heterocycles. The van der Waals surface area contributed by atoms with Crippen LogP contribution in [-0.2, 0) is 16.1 Å². The Morgan fingerprint density at radius 2 is 2.06 bits per heavy atom. The molecule has 1 N–H and O–H groups in total. The van der Waals surface area contributed by atoms with Gasteiger partial charge >= 0.3 is 18.2 Å². The lowest BCUT2D eigenvalue weighted by Gasteiger charge is -2.31. The molecular formula is C21H21F3N6O6. The number of halogens is 3. The number of nitrogens with zero attached hydrogens (tertiary/aromatic N) is 5. The second kappa shape index (κ2) is 9.29. The number of nitro groups is 1. The third-order valence-corrected chi connectivity index (χ3v) is 6.10. The number of rotatable bonds is 6. The number of alkyl halides is 3. The zero-order chi connectivity index (χ0) is 25.4. The molecular weight excluding hydrogens is 489 g/mol. The van der Waals surface area contributed by atoms with Crippen LogP contribution in [0, 0.1) is 10.1 Å². The lowest BCUT2D eigenvalue weighted by molar-refractivity contribution is -0.389. The lowest BCUT2D eigenvalue weighted by atomic mass is 9.96. The number of imidazole rings is 2. The summed E-state index contributed by atoms with van der Waals surface area (Å²) in [7, 11) is 0. The fourth-order valence-corrected chi connectivity index (χ4v) is 4.34. The van der Waals surface area contributed by atoms with Gasteiger partial charge in [-0.3, -0.25) is 9.36 Å². The number of aromatic nitrogens is 4. The van der Waals surface area contributed by atoms with Gasteiger partial charge in [0.1, 0.15) is 37.1 Å². The molecule has 2 aliphatic heterocycles. The summed E-state index contributed by atoms with van der Waals surface area (Å²) in [5, 5.41) is 10.9. The first-order valence-electron chi connectivity index (χ1n) is 11.1. The number of hydrogen-bond donors (Lipinski definition) is 1. The summed E-state index contributed by atoms with van der Waals surface area (Å²) < 4.78 is 53.9. The van der Waals surface area contributed by atoms with Crippen LogP contribution in [0.25, 0.3) is 11.0 Å². The lowest BCUT2D eigenvalue weighted by Crippen LogP contribution is -2.42. The number of likely N-dealkylation sites (tertiary alicyclic amines) is 1. The highest BCUT2D eigenvalue weighted by Gasteiger charge is 2.32. The Hall–Kier alpha value is -3.88. The number of hydrogen-bond acceptors (Lipinski definition) is 8. The smallest absolute Gasteiger partial charge is 0.443 e. The van der Waals surface area contributed by atoms with Gasteiger partial charge in [0.2, 0.25) is 5.91 Å². The predicted molar refractivity (Wildman–Crippen MR) is 115 cm³/mol. The van der Waals surface area contributed by atoms with E-state index in [0.717, 1.165) is 0 Å². The van der Waals surface area contributed by atoms with E-state index in [0.29, 0.717) is 42.8 Å². The molecule has 0 aliphatic carbocycles. The molecule has 1 amide bonds. The fourth-order valence-electron chi connectivity index (χ4n) is 4.34. The Kier molecular flexibility index (Phi) is 6.15. The maximum Gasteiger partial charge on any atom is 0.573 e. The molecule has 15 heteroatoms. The van der Waals surface area contributed by atoms with Gasteiger partial charge in [-0.25, -0.2) is 4.98 Å². The van der Waals surface area contributed by atoms with Crippen molar-refractivity contribution < 1.29 is 37.1 Å². The number of benzene rings is 1. The number of amides is 1. The van der Waals surface area contributed by atoms with E-state index in [1.807, 2.05) is 0 Å². The van der Waals surface area contributed by atoms with Gasteiger partial charge in [-0.05, 0) is 29.9 Å². The first-order chi connectivity index (χ1) is 17.1. The van der Waals surface area contributed by atoms with Gasteiger partial charge < -0.3 is 34.2 Å². The SMILES string of the molecule is O=C(COC1COc2nc([N+](=O)[O-])cn2C1)N1CCC(c2nc3cc(OC(F)(F)F)ccc3[nH]2)CC1. The van der Waals surface area contributed by atoms with Crippen LogP contribution >= 0.6 is 0 Å². The number of piperidine rings is 1. The molecule has 1 atom stereocenters. The second-order valence-electron chi connectivity index (χ2n) is 8.54. The van der Waals surface area contributed by atoms with E-state index in [9.17, 15) is 28.1 Å². The summed E-state index contributed by atoms with van der Waals surface area (Å²) in [6.07, 6.45) is -2.70. The molecule has 36 heavy (non-hydrogen) atoms. The van der Waals surface area contributed by atoms with Crippen LogP contribution in [-0.4, -0.2) is 74.0 Å². The zero-order valence-corrected chi connectivity index (χ0v) is 18.7. The summed E-state index contributed by atoms with van der Waals surface area (Å²) in [5.74, 6) is -0.156. The molecule has 0 radical (unpaired) electrons. The molecule has 2 aromatic heterocycles. The summed E-state index contributed by atoms with van der Waals surface area (Å²) in [5.41, 5.74) is 0.979. The number of fused-ring (bicyclic) bond motifs is 2. The third-order valence-electron chi connectivity index (χ3n) is 6.10. The molecule has 1 aromatic carbocycles. The van der Waals surface area contributed by atoms with Crippen LogP contribution in [0.5, 0.6) is 11.8 Å². The van der Waals surface area contributed by atoms with E-state index in [2.05, 4.69) is 19.7 Å². The molecule has 3 aromatic rings. The van der Waals surface area contributed by atoms with Crippen molar-refractivity contribution in [3.63, 3.8) is 0 Å². The quantitative estimate of drug-likeness (QED) is 0.395. The topological polar surface area (TPSA) is 138 Å². The van der Waals surface area contributed by atoms with E-state index < -0.39 is 17.4 Å². The highest BCUT2D eigenvalue weighted by Crippen LogP contribution is 2.30. The second-order valence-corrected chi connectivity index (χ2v) is 8.54. The highest BCUT2D eigenvalue weighted by molar-refractivity contribution is 5.78. The third kappa shape index (κ3) is 5.19. The number of aromatic amines is 1. The fraction of sp³-hybridized carbons (Fsp3) is 0.476. The number of nitrogens with one attached hydrogen (secondary N) is 1. The van der Waals surface area contributed by atoms with Crippen LogP contribution < -0.4 is 9.47 Å². The van der Waals surface area contributed by atoms with Crippen molar-refractivity contribution in [2.75, 3.05) is 26.3 Å². The maximum absolute atomic E-state index is 12.6. The van der Waals surface area contributed by atoms with Crippen molar-refractivity contribution in [2.45, 2.75) is 37.8 Å². The van der Waals surface area contributed by atoms with Gasteiger partial charge in [0, 0.05) is 30.1 Å². The minimum Gasteiger partial charge on any atom is -0.443 e. The Labute approximate surface area is 201 Å². The zero-order valence-electron chi connectivity index (χ0n) is 18.7. The monoisotopic (exact) mass is 510 g/mol. The van der Waals surface area contributed by atoms with Gasteiger partial charge in [0.15, 0.2) is 0 Å². The maximum atomic E-state index is 12.6. The molecule has 1 saturated heterocycles. The molecule has 192 valence electrons. The van der Waals surface area contributed by atoms with Gasteiger partial charge in [-0.15, -0.1) is 13.2 Å². The van der Waals surface area contributed by atoms with E-state index >= 15 is 0 Å². The molecule has 0 saturated carbocycles. The number of carbonyl (C=O) groups is 1. The van der Waals surface area contributed by atoms with Crippen LogP contribution in [0.2, 0.25) is 0 Å². The molecule has 1 fully saturated rings. The molecule has 2 aliphatic rings. The van der Waals surface area contributed by atoms with Crippen molar-refractivity contribution in [2.24, 2.45) is 0 Å². The van der Waals surface area contributed by atoms with Crippen molar-refractivity contribution in [1.29, 1.82) is 0 Å². The molecule has 5 rings (SSSR count). The number of ether oxygens (including phenoxy) is 3. The van der Waals surface area contributed by atoms with Crippen LogP contribution in [0.4, 0.5) is 19.0 Å². The normalized spacial score (nSPS) is 18.6. The Bertz CT molecular complexity index is 1280.